The second-order valence-electron chi connectivity index (χ2n) is 8.27. The van der Waals surface area contributed by atoms with E-state index in [0.29, 0.717) is 6.42 Å². The van der Waals surface area contributed by atoms with Gasteiger partial charge >= 0.3 is 5.97 Å². The number of ether oxygens (including phenoxy) is 1. The maximum atomic E-state index is 11.9. The van der Waals surface area contributed by atoms with Crippen molar-refractivity contribution in [2.24, 2.45) is 23.2 Å². The predicted molar refractivity (Wildman–Crippen MR) is 70.3 cm³/mol. The molecule has 1 saturated heterocycles. The Labute approximate surface area is 114 Å². The van der Waals surface area contributed by atoms with Crippen molar-refractivity contribution in [2.45, 2.75) is 70.0 Å². The van der Waals surface area contributed by atoms with Crippen LogP contribution in [0.25, 0.3) is 0 Å². The van der Waals surface area contributed by atoms with Crippen molar-refractivity contribution in [3.8, 4) is 0 Å². The van der Waals surface area contributed by atoms with Crippen LogP contribution >= 0.6 is 0 Å². The van der Waals surface area contributed by atoms with Gasteiger partial charge in [-0.25, -0.2) is 4.79 Å². The molecule has 19 heavy (non-hydrogen) atoms. The Balaban J connectivity index is 1.70. The molecule has 1 heterocycles. The number of hydrogen-bond acceptors (Lipinski definition) is 3. The molecule has 0 aromatic rings. The van der Waals surface area contributed by atoms with E-state index < -0.39 is 17.2 Å². The van der Waals surface area contributed by atoms with Crippen LogP contribution in [0, 0.1) is 23.2 Å². The topological polar surface area (TPSA) is 46.5 Å². The lowest BCUT2D eigenvalue weighted by Gasteiger charge is -2.61. The number of carbonyl (C=O) groups excluding carboxylic acids is 1. The number of cyclic esters (lactones) is 1. The van der Waals surface area contributed by atoms with Gasteiger partial charge in [0.25, 0.3) is 0 Å². The molecule has 4 aliphatic carbocycles. The summed E-state index contributed by atoms with van der Waals surface area (Å²) in [6, 6.07) is 0. The minimum absolute atomic E-state index is 0.151. The van der Waals surface area contributed by atoms with Crippen molar-refractivity contribution in [2.75, 3.05) is 0 Å². The summed E-state index contributed by atoms with van der Waals surface area (Å²) in [4.78, 5) is 11.9. The van der Waals surface area contributed by atoms with Crippen LogP contribution < -0.4 is 0 Å². The van der Waals surface area contributed by atoms with Crippen LogP contribution in [-0.2, 0) is 9.53 Å². The molecule has 1 aliphatic heterocycles. The molecule has 106 valence electrons. The molecular weight excluding hydrogens is 240 g/mol. The molecule has 5 aliphatic rings. The van der Waals surface area contributed by atoms with E-state index in [0.717, 1.165) is 17.8 Å². The molecule has 4 bridgehead atoms. The first-order valence-corrected chi connectivity index (χ1v) is 7.78. The maximum absolute atomic E-state index is 11.9. The Bertz CT molecular complexity index is 404. The lowest BCUT2D eigenvalue weighted by molar-refractivity contribution is -0.188. The lowest BCUT2D eigenvalue weighted by atomic mass is 9.45. The van der Waals surface area contributed by atoms with E-state index in [1.54, 1.807) is 6.92 Å². The summed E-state index contributed by atoms with van der Waals surface area (Å²) in [5, 5.41) is 10.2. The van der Waals surface area contributed by atoms with Gasteiger partial charge in [-0.1, -0.05) is 0 Å². The monoisotopic (exact) mass is 264 g/mol. The van der Waals surface area contributed by atoms with Gasteiger partial charge in [0, 0.05) is 11.8 Å². The average molecular weight is 264 g/mol. The van der Waals surface area contributed by atoms with E-state index in [4.69, 9.17) is 4.74 Å². The van der Waals surface area contributed by atoms with Crippen LogP contribution in [0.5, 0.6) is 0 Å². The van der Waals surface area contributed by atoms with Crippen LogP contribution in [0.1, 0.15) is 58.8 Å². The molecule has 1 N–H and O–H groups in total. The fourth-order valence-electron chi connectivity index (χ4n) is 6.13. The highest BCUT2D eigenvalue weighted by molar-refractivity contribution is 5.81. The second-order valence-corrected chi connectivity index (χ2v) is 8.27. The summed E-state index contributed by atoms with van der Waals surface area (Å²) < 4.78 is 5.76. The van der Waals surface area contributed by atoms with Crippen LogP contribution in [0.3, 0.4) is 0 Å². The molecule has 2 unspecified atom stereocenters. The quantitative estimate of drug-likeness (QED) is 0.741. The molecule has 5 fully saturated rings. The molecule has 0 spiro atoms. The van der Waals surface area contributed by atoms with Gasteiger partial charge in [-0.2, -0.15) is 0 Å². The number of aliphatic hydroxyl groups is 1. The molecular formula is C16H24O3. The minimum atomic E-state index is -1.28. The van der Waals surface area contributed by atoms with E-state index in [1.165, 1.54) is 38.5 Å². The predicted octanol–water partition coefficient (Wildman–Crippen LogP) is 2.66. The maximum Gasteiger partial charge on any atom is 0.338 e. The fraction of sp³-hybridized carbons (Fsp3) is 0.938. The first-order valence-electron chi connectivity index (χ1n) is 7.78. The fourth-order valence-corrected chi connectivity index (χ4v) is 6.13. The van der Waals surface area contributed by atoms with Gasteiger partial charge in [-0.05, 0) is 70.1 Å². The van der Waals surface area contributed by atoms with Gasteiger partial charge in [0.1, 0.15) is 5.60 Å². The summed E-state index contributed by atoms with van der Waals surface area (Å²) in [7, 11) is 0. The summed E-state index contributed by atoms with van der Waals surface area (Å²) in [5.41, 5.74) is -1.57. The first-order chi connectivity index (χ1) is 8.82. The zero-order chi connectivity index (χ0) is 13.5. The van der Waals surface area contributed by atoms with Gasteiger partial charge < -0.3 is 9.84 Å². The highest BCUT2D eigenvalue weighted by atomic mass is 16.6. The molecule has 2 atom stereocenters. The van der Waals surface area contributed by atoms with E-state index >= 15 is 0 Å². The molecule has 0 radical (unpaired) electrons. The molecule has 0 aromatic carbocycles. The third-order valence-corrected chi connectivity index (χ3v) is 6.60. The van der Waals surface area contributed by atoms with Crippen molar-refractivity contribution in [3.05, 3.63) is 0 Å². The Hall–Kier alpha value is -0.570. The Morgan fingerprint density at radius 1 is 1.05 bits per heavy atom. The molecule has 3 nitrogen and oxygen atoms in total. The normalized spacial score (nSPS) is 59.5. The molecule has 3 heteroatoms. The second kappa shape index (κ2) is 3.36. The van der Waals surface area contributed by atoms with Gasteiger partial charge in [-0.15, -0.1) is 0 Å². The number of esters is 1. The van der Waals surface area contributed by atoms with Gasteiger partial charge in [0.2, 0.25) is 0 Å². The third-order valence-electron chi connectivity index (χ3n) is 6.60. The van der Waals surface area contributed by atoms with Crippen molar-refractivity contribution in [3.63, 3.8) is 0 Å². The number of hydrogen-bond donors (Lipinski definition) is 1. The largest absolute Gasteiger partial charge is 0.457 e. The highest BCUT2D eigenvalue weighted by Crippen LogP contribution is 2.66. The standard InChI is InChI=1S/C16H24O3/c1-14(18)9-15(2,19-13(14)17)16-6-10-3-11(7-16)5-12(4-10)8-16/h10-12,18H,3-9H2,1-2H3. The van der Waals surface area contributed by atoms with Gasteiger partial charge in [0.05, 0.1) is 0 Å². The number of carbonyl (C=O) groups is 1. The highest BCUT2D eigenvalue weighted by Gasteiger charge is 2.65. The van der Waals surface area contributed by atoms with E-state index in [-0.39, 0.29) is 5.41 Å². The Morgan fingerprint density at radius 3 is 1.89 bits per heavy atom. The third kappa shape index (κ3) is 1.51. The molecule has 0 amide bonds. The van der Waals surface area contributed by atoms with Crippen molar-refractivity contribution in [1.29, 1.82) is 0 Å². The van der Waals surface area contributed by atoms with Crippen molar-refractivity contribution in [1.82, 2.24) is 0 Å². The van der Waals surface area contributed by atoms with Gasteiger partial charge in [-0.3, -0.25) is 0 Å². The SMILES string of the molecule is CC1(O)CC(C)(C23CC4CC(CC(C4)C2)C3)OC1=O. The van der Waals surface area contributed by atoms with Crippen LogP contribution in [0.2, 0.25) is 0 Å². The van der Waals surface area contributed by atoms with Crippen molar-refractivity contribution < 1.29 is 14.6 Å². The Kier molecular flexibility index (Phi) is 2.16. The first kappa shape index (κ1) is 12.2. The molecule has 5 rings (SSSR count). The minimum Gasteiger partial charge on any atom is -0.457 e. The molecule has 4 saturated carbocycles. The van der Waals surface area contributed by atoms with Gasteiger partial charge in [0.15, 0.2) is 5.60 Å². The summed E-state index contributed by atoms with van der Waals surface area (Å²) in [6.45, 7) is 3.70. The van der Waals surface area contributed by atoms with Crippen LogP contribution in [-0.4, -0.2) is 22.3 Å². The zero-order valence-corrected chi connectivity index (χ0v) is 11.9. The van der Waals surface area contributed by atoms with Crippen LogP contribution in [0.4, 0.5) is 0 Å². The summed E-state index contributed by atoms with van der Waals surface area (Å²) >= 11 is 0. The zero-order valence-electron chi connectivity index (χ0n) is 11.9. The lowest BCUT2D eigenvalue weighted by Crippen LogP contribution is -2.57. The summed E-state index contributed by atoms with van der Waals surface area (Å²) in [6.07, 6.45) is 8.26. The van der Waals surface area contributed by atoms with Crippen molar-refractivity contribution >= 4 is 5.97 Å². The van der Waals surface area contributed by atoms with Crippen LogP contribution in [0.15, 0.2) is 0 Å². The Morgan fingerprint density at radius 2 is 1.53 bits per heavy atom. The average Bonchev–Trinajstić information content (AvgIpc) is 2.46. The van der Waals surface area contributed by atoms with E-state index in [1.807, 2.05) is 0 Å². The van der Waals surface area contributed by atoms with E-state index in [2.05, 4.69) is 6.92 Å². The number of rotatable bonds is 1. The summed E-state index contributed by atoms with van der Waals surface area (Å²) in [5.74, 6) is 2.11. The smallest absolute Gasteiger partial charge is 0.338 e. The molecule has 0 aromatic heterocycles. The van der Waals surface area contributed by atoms with E-state index in [9.17, 15) is 9.90 Å².